The van der Waals surface area contributed by atoms with Crippen LogP contribution in [0.1, 0.15) is 80.1 Å². The fraction of sp³-hybridized carbons (Fsp3) is 1.00. The summed E-state index contributed by atoms with van der Waals surface area (Å²) < 4.78 is 0. The zero-order valence-corrected chi connectivity index (χ0v) is 34.8. The van der Waals surface area contributed by atoms with E-state index < -0.39 is 0 Å². The average Bonchev–Trinajstić information content (AvgIpc) is 3.05. The van der Waals surface area contributed by atoms with Crippen LogP contribution in [0.5, 0.6) is 0 Å². The van der Waals surface area contributed by atoms with Crippen molar-refractivity contribution in [2.45, 2.75) is 80.1 Å². The minimum absolute atomic E-state index is 1.12. The zero-order valence-electron chi connectivity index (χ0n) is 34.8. The SMILES string of the molecule is CCCN(C)CCN(CCC)CCN(CCN(C)C)CCN(C)CCN(CCN(CCC)CCC)CCN(CCC)CCN(C)CCC. The molecule has 0 radical (unpaired) electrons. The van der Waals surface area contributed by atoms with Crippen molar-refractivity contribution in [2.75, 3.05) is 179 Å². The van der Waals surface area contributed by atoms with E-state index in [9.17, 15) is 0 Å². The molecule has 0 saturated carbocycles. The largest absolute Gasteiger partial charge is 0.308 e. The maximum atomic E-state index is 2.77. The Hall–Kier alpha value is -0.360. The number of hydrogen-bond acceptors (Lipinski definition) is 9. The van der Waals surface area contributed by atoms with Gasteiger partial charge < -0.3 is 34.3 Å². The van der Waals surface area contributed by atoms with Gasteiger partial charge in [-0.05, 0) is 113 Å². The van der Waals surface area contributed by atoms with Crippen molar-refractivity contribution in [3.8, 4) is 0 Å². The summed E-state index contributed by atoms with van der Waals surface area (Å²) in [5.74, 6) is 0. The van der Waals surface area contributed by atoms with Crippen molar-refractivity contribution < 1.29 is 0 Å². The fourth-order valence-electron chi connectivity index (χ4n) is 6.48. The quantitative estimate of drug-likeness (QED) is 0.0959. The van der Waals surface area contributed by atoms with E-state index in [1.54, 1.807) is 0 Å². The molecule has 290 valence electrons. The molecule has 0 saturated heterocycles. The van der Waals surface area contributed by atoms with Gasteiger partial charge in [-0.1, -0.05) is 41.5 Å². The van der Waals surface area contributed by atoms with Crippen molar-refractivity contribution in [1.82, 2.24) is 44.1 Å². The lowest BCUT2D eigenvalue weighted by Gasteiger charge is -2.32. The van der Waals surface area contributed by atoms with Crippen molar-refractivity contribution in [2.24, 2.45) is 0 Å². The van der Waals surface area contributed by atoms with E-state index in [-0.39, 0.29) is 0 Å². The van der Waals surface area contributed by atoms with E-state index >= 15 is 0 Å². The van der Waals surface area contributed by atoms with Crippen LogP contribution in [0.15, 0.2) is 0 Å². The molecule has 9 nitrogen and oxygen atoms in total. The molecule has 0 N–H and O–H groups in total. The molecule has 0 unspecified atom stereocenters. The summed E-state index contributed by atoms with van der Waals surface area (Å²) in [7, 11) is 11.3. The highest BCUT2D eigenvalue weighted by molar-refractivity contribution is 4.71. The molecule has 0 aromatic carbocycles. The van der Waals surface area contributed by atoms with Crippen molar-refractivity contribution in [3.63, 3.8) is 0 Å². The Labute approximate surface area is 302 Å². The first-order chi connectivity index (χ1) is 23.1. The maximum absolute atomic E-state index is 2.77. The van der Waals surface area contributed by atoms with Crippen LogP contribution in [0.25, 0.3) is 0 Å². The molecule has 0 aliphatic rings. The normalized spacial score (nSPS) is 12.8. The fourth-order valence-corrected chi connectivity index (χ4v) is 6.48. The molecule has 0 heterocycles. The van der Waals surface area contributed by atoms with Gasteiger partial charge in [0, 0.05) is 105 Å². The minimum atomic E-state index is 1.12. The Morgan fingerprint density at radius 3 is 0.646 bits per heavy atom. The molecule has 0 aromatic rings. The van der Waals surface area contributed by atoms with Crippen LogP contribution >= 0.6 is 0 Å². The molecule has 9 heteroatoms. The van der Waals surface area contributed by atoms with Gasteiger partial charge >= 0.3 is 0 Å². The average molecular weight is 684 g/mol. The lowest BCUT2D eigenvalue weighted by molar-refractivity contribution is 0.144. The zero-order chi connectivity index (χ0) is 36.0. The van der Waals surface area contributed by atoms with Gasteiger partial charge in [0.25, 0.3) is 0 Å². The second kappa shape index (κ2) is 32.5. The Kier molecular flexibility index (Phi) is 32.3. The number of hydrogen-bond donors (Lipinski definition) is 0. The Morgan fingerprint density at radius 2 is 0.396 bits per heavy atom. The van der Waals surface area contributed by atoms with Crippen molar-refractivity contribution in [3.05, 3.63) is 0 Å². The van der Waals surface area contributed by atoms with Crippen LogP contribution in [0, 0.1) is 0 Å². The molecule has 0 aromatic heterocycles. The van der Waals surface area contributed by atoms with Gasteiger partial charge in [0.15, 0.2) is 0 Å². The third kappa shape index (κ3) is 27.4. The molecule has 0 amide bonds. The first-order valence-corrected chi connectivity index (χ1v) is 20.4. The summed E-state index contributed by atoms with van der Waals surface area (Å²) in [6.45, 7) is 39.8. The summed E-state index contributed by atoms with van der Waals surface area (Å²) in [4.78, 5) is 23.5. The van der Waals surface area contributed by atoms with E-state index in [0.717, 1.165) is 45.8 Å². The first kappa shape index (κ1) is 47.6. The maximum Gasteiger partial charge on any atom is 0.0110 e. The van der Waals surface area contributed by atoms with Gasteiger partial charge in [-0.25, -0.2) is 0 Å². The number of nitrogens with zero attached hydrogens (tertiary/aromatic N) is 9. The second-order valence-corrected chi connectivity index (χ2v) is 14.9. The van der Waals surface area contributed by atoms with Crippen LogP contribution in [0.4, 0.5) is 0 Å². The van der Waals surface area contributed by atoms with E-state index in [1.165, 1.54) is 137 Å². The third-order valence-electron chi connectivity index (χ3n) is 9.62. The van der Waals surface area contributed by atoms with Gasteiger partial charge in [0.05, 0.1) is 0 Å². The third-order valence-corrected chi connectivity index (χ3v) is 9.62. The van der Waals surface area contributed by atoms with Gasteiger partial charge in [-0.15, -0.1) is 0 Å². The van der Waals surface area contributed by atoms with Crippen molar-refractivity contribution >= 4 is 0 Å². The summed E-state index contributed by atoms with van der Waals surface area (Å²) >= 11 is 0. The topological polar surface area (TPSA) is 29.2 Å². The number of likely N-dealkylation sites (N-methyl/N-ethyl adjacent to an activating group) is 4. The van der Waals surface area contributed by atoms with E-state index in [1.807, 2.05) is 0 Å². The molecule has 0 spiro atoms. The van der Waals surface area contributed by atoms with E-state index in [2.05, 4.69) is 121 Å². The highest BCUT2D eigenvalue weighted by Gasteiger charge is 2.15. The van der Waals surface area contributed by atoms with Crippen LogP contribution in [0.3, 0.4) is 0 Å². The summed E-state index contributed by atoms with van der Waals surface area (Å²) in [6.07, 6.45) is 7.42. The molecule has 0 aliphatic heterocycles. The predicted molar refractivity (Wildman–Crippen MR) is 215 cm³/mol. The van der Waals surface area contributed by atoms with Gasteiger partial charge in [-0.3, -0.25) is 9.80 Å². The smallest absolute Gasteiger partial charge is 0.0110 e. The second-order valence-electron chi connectivity index (χ2n) is 14.9. The van der Waals surface area contributed by atoms with Crippen LogP contribution in [-0.4, -0.2) is 223 Å². The van der Waals surface area contributed by atoms with Crippen molar-refractivity contribution in [1.29, 1.82) is 0 Å². The lowest BCUT2D eigenvalue weighted by Crippen LogP contribution is -2.45. The van der Waals surface area contributed by atoms with Gasteiger partial charge in [-0.2, -0.15) is 0 Å². The molecular weight excluding hydrogens is 594 g/mol. The van der Waals surface area contributed by atoms with Crippen LogP contribution in [0.2, 0.25) is 0 Å². The first-order valence-electron chi connectivity index (χ1n) is 20.4. The Balaban J connectivity index is 5.24. The number of rotatable bonds is 36. The van der Waals surface area contributed by atoms with E-state index in [4.69, 9.17) is 0 Å². The molecule has 0 rings (SSSR count). The van der Waals surface area contributed by atoms with Crippen LogP contribution in [-0.2, 0) is 0 Å². The van der Waals surface area contributed by atoms with Gasteiger partial charge in [0.1, 0.15) is 0 Å². The molecular formula is C39H89N9. The Bertz CT molecular complexity index is 661. The predicted octanol–water partition coefficient (Wildman–Crippen LogP) is 4.31. The minimum Gasteiger partial charge on any atom is -0.308 e. The molecule has 48 heavy (non-hydrogen) atoms. The standard InChI is InChI=1S/C39H89N9/c1-12-18-41(9)25-30-45(22-16-5)35-38-47(29-24-40(7)8)32-27-43(11)28-33-48(37-34-44(20-14-3)21-15-4)39-36-46(23-17-6)31-26-42(10)19-13-2/h12-39H2,1-11H3. The van der Waals surface area contributed by atoms with Crippen LogP contribution < -0.4 is 0 Å². The summed E-state index contributed by atoms with van der Waals surface area (Å²) in [5, 5.41) is 0. The molecule has 0 fully saturated rings. The lowest BCUT2D eigenvalue weighted by atomic mass is 10.3. The monoisotopic (exact) mass is 684 g/mol. The Morgan fingerprint density at radius 1 is 0.208 bits per heavy atom. The highest BCUT2D eigenvalue weighted by Crippen LogP contribution is 2.02. The summed E-state index contributed by atoms with van der Waals surface area (Å²) in [6, 6.07) is 0. The molecule has 0 aliphatic carbocycles. The molecule has 0 atom stereocenters. The van der Waals surface area contributed by atoms with E-state index in [0.29, 0.717) is 0 Å². The van der Waals surface area contributed by atoms with Gasteiger partial charge in [0.2, 0.25) is 0 Å². The molecule has 0 bridgehead atoms. The highest BCUT2D eigenvalue weighted by atomic mass is 15.3. The summed E-state index contributed by atoms with van der Waals surface area (Å²) in [5.41, 5.74) is 0.